The van der Waals surface area contributed by atoms with Gasteiger partial charge in [-0.15, -0.1) is 0 Å². The van der Waals surface area contributed by atoms with Crippen LogP contribution in [-0.2, 0) is 10.9 Å². The van der Waals surface area contributed by atoms with Crippen molar-refractivity contribution < 1.29 is 17.9 Å². The number of nitrogens with one attached hydrogen (secondary N) is 1. The highest BCUT2D eigenvalue weighted by molar-refractivity contribution is 5.47. The van der Waals surface area contributed by atoms with Crippen molar-refractivity contribution in [3.8, 4) is 0 Å². The summed E-state index contributed by atoms with van der Waals surface area (Å²) in [6, 6.07) is 1.76. The Morgan fingerprint density at radius 1 is 1.32 bits per heavy atom. The number of nitrogen functional groups attached to an aromatic ring is 1. The average molecular weight is 277 g/mol. The zero-order valence-electron chi connectivity index (χ0n) is 10.8. The molecule has 0 aliphatic carbocycles. The van der Waals surface area contributed by atoms with Crippen LogP contribution in [0.1, 0.15) is 25.3 Å². The van der Waals surface area contributed by atoms with E-state index in [4.69, 9.17) is 10.5 Å². The fourth-order valence-corrected chi connectivity index (χ4v) is 1.44. The Kier molecular flexibility index (Phi) is 5.88. The zero-order valence-corrected chi connectivity index (χ0v) is 10.8. The van der Waals surface area contributed by atoms with Gasteiger partial charge in [0, 0.05) is 19.8 Å². The van der Waals surface area contributed by atoms with E-state index >= 15 is 0 Å². The minimum Gasteiger partial charge on any atom is -0.384 e. The third-order valence-electron chi connectivity index (χ3n) is 2.29. The molecule has 0 atom stereocenters. The van der Waals surface area contributed by atoms with Gasteiger partial charge in [0.25, 0.3) is 0 Å². The lowest BCUT2D eigenvalue weighted by molar-refractivity contribution is -0.137. The van der Waals surface area contributed by atoms with E-state index in [1.165, 1.54) is 0 Å². The maximum atomic E-state index is 12.5. The van der Waals surface area contributed by atoms with Gasteiger partial charge in [0.2, 0.25) is 0 Å². The zero-order chi connectivity index (χ0) is 14.3. The summed E-state index contributed by atoms with van der Waals surface area (Å²) in [5.74, 6) is -0.0256. The van der Waals surface area contributed by atoms with E-state index in [1.807, 2.05) is 6.92 Å². The largest absolute Gasteiger partial charge is 0.416 e. The van der Waals surface area contributed by atoms with Crippen molar-refractivity contribution >= 4 is 11.6 Å². The number of anilines is 2. The average Bonchev–Trinajstić information content (AvgIpc) is 2.32. The van der Waals surface area contributed by atoms with Crippen molar-refractivity contribution in [3.63, 3.8) is 0 Å². The molecule has 0 unspecified atom stereocenters. The van der Waals surface area contributed by atoms with Crippen LogP contribution in [0.5, 0.6) is 0 Å². The Bertz CT molecular complexity index is 396. The van der Waals surface area contributed by atoms with Gasteiger partial charge in [-0.05, 0) is 25.0 Å². The monoisotopic (exact) mass is 277 g/mol. The number of pyridine rings is 1. The molecule has 0 amide bonds. The predicted molar refractivity (Wildman–Crippen MR) is 67.9 cm³/mol. The number of aromatic nitrogens is 1. The van der Waals surface area contributed by atoms with Crippen molar-refractivity contribution in [3.05, 3.63) is 17.7 Å². The molecule has 7 heteroatoms. The van der Waals surface area contributed by atoms with Crippen LogP contribution in [0, 0.1) is 0 Å². The van der Waals surface area contributed by atoms with Gasteiger partial charge in [0.15, 0.2) is 0 Å². The molecule has 0 aromatic carbocycles. The predicted octanol–water partition coefficient (Wildman–Crippen LogP) is 2.91. The maximum Gasteiger partial charge on any atom is 0.416 e. The van der Waals surface area contributed by atoms with Gasteiger partial charge >= 0.3 is 6.18 Å². The van der Waals surface area contributed by atoms with Crippen LogP contribution in [0.3, 0.4) is 0 Å². The van der Waals surface area contributed by atoms with Gasteiger partial charge in [0.05, 0.1) is 5.56 Å². The van der Waals surface area contributed by atoms with Gasteiger partial charge in [-0.1, -0.05) is 6.92 Å². The third-order valence-corrected chi connectivity index (χ3v) is 2.29. The highest BCUT2D eigenvalue weighted by Crippen LogP contribution is 2.31. The Morgan fingerprint density at radius 3 is 2.68 bits per heavy atom. The van der Waals surface area contributed by atoms with Crippen LogP contribution in [0.15, 0.2) is 12.1 Å². The standard InChI is InChI=1S/C12H18F3N3O/c1-2-5-19-6-3-4-17-11-8-9(12(13,14)15)7-10(16)18-11/h7-8H,2-6H2,1H3,(H3,16,17,18). The molecule has 3 N–H and O–H groups in total. The van der Waals surface area contributed by atoms with Crippen molar-refractivity contribution in [2.24, 2.45) is 0 Å². The maximum absolute atomic E-state index is 12.5. The van der Waals surface area contributed by atoms with Crippen LogP contribution >= 0.6 is 0 Å². The summed E-state index contributed by atoms with van der Waals surface area (Å²) in [5.41, 5.74) is 4.55. The molecule has 0 bridgehead atoms. The normalized spacial score (nSPS) is 11.6. The minimum atomic E-state index is -4.42. The summed E-state index contributed by atoms with van der Waals surface area (Å²) in [5, 5.41) is 2.80. The molecule has 0 aliphatic heterocycles. The van der Waals surface area contributed by atoms with E-state index in [1.54, 1.807) is 0 Å². The molecular weight excluding hydrogens is 259 g/mol. The lowest BCUT2D eigenvalue weighted by atomic mass is 10.2. The van der Waals surface area contributed by atoms with Crippen LogP contribution in [0.2, 0.25) is 0 Å². The SMILES string of the molecule is CCCOCCCNc1cc(C(F)(F)F)cc(N)n1. The van der Waals surface area contributed by atoms with E-state index in [0.29, 0.717) is 26.2 Å². The van der Waals surface area contributed by atoms with Gasteiger partial charge < -0.3 is 15.8 Å². The van der Waals surface area contributed by atoms with Crippen LogP contribution in [0.25, 0.3) is 0 Å². The molecule has 1 rings (SSSR count). The van der Waals surface area contributed by atoms with E-state index in [9.17, 15) is 13.2 Å². The van der Waals surface area contributed by atoms with Crippen LogP contribution in [0.4, 0.5) is 24.8 Å². The lowest BCUT2D eigenvalue weighted by Gasteiger charge is -2.11. The summed E-state index contributed by atoms with van der Waals surface area (Å²) >= 11 is 0. The second kappa shape index (κ2) is 7.18. The molecule has 1 heterocycles. The number of hydrogen-bond donors (Lipinski definition) is 2. The van der Waals surface area contributed by atoms with Gasteiger partial charge in [-0.3, -0.25) is 0 Å². The van der Waals surface area contributed by atoms with Crippen molar-refractivity contribution in [1.29, 1.82) is 0 Å². The van der Waals surface area contributed by atoms with Gasteiger partial charge in [0.1, 0.15) is 11.6 Å². The Morgan fingerprint density at radius 2 is 2.05 bits per heavy atom. The number of hydrogen-bond acceptors (Lipinski definition) is 4. The molecule has 1 aromatic heterocycles. The number of ether oxygens (including phenoxy) is 1. The first kappa shape index (κ1) is 15.6. The third kappa shape index (κ3) is 5.78. The first-order valence-electron chi connectivity index (χ1n) is 6.10. The van der Waals surface area contributed by atoms with Crippen molar-refractivity contribution in [2.45, 2.75) is 25.9 Å². The number of rotatable bonds is 7. The van der Waals surface area contributed by atoms with Gasteiger partial charge in [-0.25, -0.2) is 4.98 Å². The van der Waals surface area contributed by atoms with E-state index in [2.05, 4.69) is 10.3 Å². The Hall–Kier alpha value is -1.50. The first-order chi connectivity index (χ1) is 8.93. The highest BCUT2D eigenvalue weighted by Gasteiger charge is 2.31. The lowest BCUT2D eigenvalue weighted by Crippen LogP contribution is -2.11. The van der Waals surface area contributed by atoms with E-state index in [0.717, 1.165) is 18.6 Å². The molecule has 0 spiro atoms. The summed E-state index contributed by atoms with van der Waals surface area (Å²) in [4.78, 5) is 3.81. The number of alkyl halides is 3. The topological polar surface area (TPSA) is 60.2 Å². The summed E-state index contributed by atoms with van der Waals surface area (Å²) in [6.07, 6.45) is -2.78. The molecule has 0 saturated carbocycles. The molecule has 0 radical (unpaired) electrons. The van der Waals surface area contributed by atoms with Crippen molar-refractivity contribution in [2.75, 3.05) is 30.8 Å². The Labute approximate surface area is 110 Å². The molecule has 19 heavy (non-hydrogen) atoms. The smallest absolute Gasteiger partial charge is 0.384 e. The molecule has 0 saturated heterocycles. The molecule has 4 nitrogen and oxygen atoms in total. The molecule has 0 fully saturated rings. The number of halogens is 3. The fourth-order valence-electron chi connectivity index (χ4n) is 1.44. The van der Waals surface area contributed by atoms with Crippen LogP contribution in [-0.4, -0.2) is 24.7 Å². The minimum absolute atomic E-state index is 0.128. The van der Waals surface area contributed by atoms with Crippen LogP contribution < -0.4 is 11.1 Å². The quantitative estimate of drug-likeness (QED) is 0.752. The molecule has 108 valence electrons. The van der Waals surface area contributed by atoms with E-state index < -0.39 is 11.7 Å². The summed E-state index contributed by atoms with van der Waals surface area (Å²) < 4.78 is 42.9. The number of nitrogens with two attached hydrogens (primary N) is 1. The number of nitrogens with zero attached hydrogens (tertiary/aromatic N) is 1. The van der Waals surface area contributed by atoms with Crippen molar-refractivity contribution in [1.82, 2.24) is 4.98 Å². The Balaban J connectivity index is 2.48. The highest BCUT2D eigenvalue weighted by atomic mass is 19.4. The first-order valence-corrected chi connectivity index (χ1v) is 6.10. The second-order valence-corrected chi connectivity index (χ2v) is 4.06. The molecule has 0 aliphatic rings. The second-order valence-electron chi connectivity index (χ2n) is 4.06. The van der Waals surface area contributed by atoms with E-state index in [-0.39, 0.29) is 11.6 Å². The summed E-state index contributed by atoms with van der Waals surface area (Å²) in [6.45, 7) is 3.75. The summed E-state index contributed by atoms with van der Waals surface area (Å²) in [7, 11) is 0. The molecule has 1 aromatic rings. The molecular formula is C12H18F3N3O. The van der Waals surface area contributed by atoms with Gasteiger partial charge in [-0.2, -0.15) is 13.2 Å². The fraction of sp³-hybridized carbons (Fsp3) is 0.583.